The maximum Gasteiger partial charge on any atom is 0.256 e. The van der Waals surface area contributed by atoms with E-state index in [4.69, 9.17) is 20.2 Å². The van der Waals surface area contributed by atoms with Gasteiger partial charge in [0.15, 0.2) is 11.5 Å². The van der Waals surface area contributed by atoms with Gasteiger partial charge in [0.1, 0.15) is 22.9 Å². The second-order valence-electron chi connectivity index (χ2n) is 8.62. The number of aliphatic hydroxyl groups excluding tert-OH is 1. The zero-order chi connectivity index (χ0) is 25.8. The number of amides is 1. The Morgan fingerprint density at radius 2 is 1.75 bits per heavy atom. The summed E-state index contributed by atoms with van der Waals surface area (Å²) in [6.45, 7) is 3.93. The summed E-state index contributed by atoms with van der Waals surface area (Å²) in [7, 11) is 3.11. The molecule has 2 aromatic carbocycles. The molecule has 5 N–H and O–H groups in total. The van der Waals surface area contributed by atoms with E-state index in [0.29, 0.717) is 28.7 Å². The molecule has 0 saturated heterocycles. The van der Waals surface area contributed by atoms with Crippen molar-refractivity contribution in [1.29, 1.82) is 0 Å². The van der Waals surface area contributed by atoms with Crippen LogP contribution >= 0.6 is 0 Å². The maximum atomic E-state index is 12.7. The van der Waals surface area contributed by atoms with Gasteiger partial charge in [-0.05, 0) is 5.92 Å². The molecule has 0 saturated carbocycles. The van der Waals surface area contributed by atoms with Crippen LogP contribution in [0.15, 0.2) is 54.6 Å². The highest BCUT2D eigenvalue weighted by Crippen LogP contribution is 2.32. The van der Waals surface area contributed by atoms with Gasteiger partial charge in [0.05, 0.1) is 32.6 Å². The topological polar surface area (TPSA) is 136 Å². The van der Waals surface area contributed by atoms with E-state index in [1.54, 1.807) is 32.4 Å². The van der Waals surface area contributed by atoms with E-state index in [1.807, 2.05) is 50.2 Å². The van der Waals surface area contributed by atoms with Crippen LogP contribution in [0.3, 0.4) is 0 Å². The Bertz CT molecular complexity index is 1350. The largest absolute Gasteiger partial charge is 0.497 e. The van der Waals surface area contributed by atoms with Gasteiger partial charge in [0.25, 0.3) is 5.91 Å². The van der Waals surface area contributed by atoms with E-state index >= 15 is 0 Å². The Morgan fingerprint density at radius 1 is 1.08 bits per heavy atom. The van der Waals surface area contributed by atoms with E-state index in [-0.39, 0.29) is 35.6 Å². The van der Waals surface area contributed by atoms with Gasteiger partial charge in [0, 0.05) is 35.5 Å². The molecule has 0 spiro atoms. The number of methoxy groups -OCH3 is 2. The van der Waals surface area contributed by atoms with Gasteiger partial charge >= 0.3 is 0 Å². The first-order valence-corrected chi connectivity index (χ1v) is 11.5. The molecular weight excluding hydrogens is 460 g/mol. The molecule has 10 nitrogen and oxygen atoms in total. The van der Waals surface area contributed by atoms with Crippen molar-refractivity contribution in [2.75, 3.05) is 31.5 Å². The number of aromatic nitrogens is 3. The third-order valence-corrected chi connectivity index (χ3v) is 5.85. The van der Waals surface area contributed by atoms with Crippen LogP contribution in [0.5, 0.6) is 11.5 Å². The Kier molecular flexibility index (Phi) is 7.25. The number of rotatable bonds is 10. The summed E-state index contributed by atoms with van der Waals surface area (Å²) in [4.78, 5) is 17.4. The molecule has 0 aliphatic heterocycles. The molecule has 4 rings (SSSR count). The molecule has 4 aromatic rings. The normalized spacial score (nSPS) is 11.9. The summed E-state index contributed by atoms with van der Waals surface area (Å²) in [6, 6.07) is 16.4. The molecule has 0 unspecified atom stereocenters. The summed E-state index contributed by atoms with van der Waals surface area (Å²) < 4.78 is 12.2. The lowest BCUT2D eigenvalue weighted by Gasteiger charge is -2.22. The average molecular weight is 491 g/mol. The molecule has 10 heteroatoms. The number of hydrogen-bond acceptors (Lipinski definition) is 8. The first-order valence-electron chi connectivity index (χ1n) is 11.5. The van der Waals surface area contributed by atoms with Crippen LogP contribution in [0.2, 0.25) is 0 Å². The monoisotopic (exact) mass is 490 g/mol. The van der Waals surface area contributed by atoms with E-state index in [9.17, 15) is 9.90 Å². The molecule has 1 atom stereocenters. The molecule has 0 bridgehead atoms. The van der Waals surface area contributed by atoms with Crippen molar-refractivity contribution in [3.8, 4) is 22.8 Å². The lowest BCUT2D eigenvalue weighted by molar-refractivity contribution is 0.100. The van der Waals surface area contributed by atoms with E-state index in [0.717, 1.165) is 5.56 Å². The van der Waals surface area contributed by atoms with E-state index < -0.39 is 5.91 Å². The Balaban J connectivity index is 1.91. The lowest BCUT2D eigenvalue weighted by atomic mass is 10.1. The van der Waals surface area contributed by atoms with Gasteiger partial charge in [-0.1, -0.05) is 44.2 Å². The average Bonchev–Trinajstić information content (AvgIpc) is 3.25. The van der Waals surface area contributed by atoms with Crippen molar-refractivity contribution < 1.29 is 19.4 Å². The van der Waals surface area contributed by atoms with E-state index in [2.05, 4.69) is 15.7 Å². The molecular formula is C26H30N6O4. The van der Waals surface area contributed by atoms with Crippen LogP contribution in [0.25, 0.3) is 16.9 Å². The number of ether oxygens (including phenoxy) is 2. The van der Waals surface area contributed by atoms with Crippen molar-refractivity contribution in [1.82, 2.24) is 14.6 Å². The molecule has 0 aliphatic rings. The standard InChI is InChI=1S/C26H30N6O4/c1-15(2)21(14-33)29-22-13-20(16-8-6-5-7-9-16)30-26-23(24(27)34)25(31-32(22)26)28-17-10-18(35-3)12-19(11-17)36-4/h5-13,15,21,29,33H,14H2,1-4H3,(H2,27,34)(H,28,31)/t21-/m0/s1. The van der Waals surface area contributed by atoms with Gasteiger partial charge in [0.2, 0.25) is 0 Å². The summed E-state index contributed by atoms with van der Waals surface area (Å²) in [5, 5.41) is 21.1. The SMILES string of the molecule is COc1cc(Nc2nn3c(N[C@@H](CO)C(C)C)cc(-c4ccccc4)nc3c2C(N)=O)cc(OC)c1. The summed E-state index contributed by atoms with van der Waals surface area (Å²) in [6.07, 6.45) is 0. The number of primary amides is 1. The first-order chi connectivity index (χ1) is 17.3. The molecule has 36 heavy (non-hydrogen) atoms. The van der Waals surface area contributed by atoms with Gasteiger partial charge in [-0.25, -0.2) is 4.98 Å². The molecule has 1 amide bonds. The fourth-order valence-corrected chi connectivity index (χ4v) is 3.82. The zero-order valence-corrected chi connectivity index (χ0v) is 20.6. The number of hydrogen-bond donors (Lipinski definition) is 4. The van der Waals surface area contributed by atoms with Gasteiger partial charge in [-0.15, -0.1) is 5.10 Å². The minimum Gasteiger partial charge on any atom is -0.497 e. The molecule has 2 aromatic heterocycles. The van der Waals surface area contributed by atoms with Crippen LogP contribution in [-0.2, 0) is 0 Å². The highest BCUT2D eigenvalue weighted by atomic mass is 16.5. The maximum absolute atomic E-state index is 12.7. The van der Waals surface area contributed by atoms with Crippen LogP contribution in [-0.4, -0.2) is 52.5 Å². The summed E-state index contributed by atoms with van der Waals surface area (Å²) in [5.74, 6) is 1.36. The number of fused-ring (bicyclic) bond motifs is 1. The number of anilines is 3. The van der Waals surface area contributed by atoms with Crippen molar-refractivity contribution in [2.24, 2.45) is 11.7 Å². The molecule has 0 fully saturated rings. The summed E-state index contributed by atoms with van der Waals surface area (Å²) in [5.41, 5.74) is 8.31. The van der Waals surface area contributed by atoms with Crippen molar-refractivity contribution >= 4 is 28.9 Å². The van der Waals surface area contributed by atoms with Gasteiger partial charge < -0.3 is 30.9 Å². The minimum absolute atomic E-state index is 0.0825. The lowest BCUT2D eigenvalue weighted by Crippen LogP contribution is -2.30. The summed E-state index contributed by atoms with van der Waals surface area (Å²) >= 11 is 0. The number of carbonyl (C=O) groups excluding carboxylic acids is 1. The highest BCUT2D eigenvalue weighted by molar-refractivity contribution is 6.04. The highest BCUT2D eigenvalue weighted by Gasteiger charge is 2.24. The van der Waals surface area contributed by atoms with Gasteiger partial charge in [-0.3, -0.25) is 4.79 Å². The number of nitrogens with one attached hydrogen (secondary N) is 2. The van der Waals surface area contributed by atoms with Crippen LogP contribution < -0.4 is 25.8 Å². The number of benzene rings is 2. The Labute approximate surface area is 209 Å². The number of aliphatic hydroxyl groups is 1. The molecule has 0 radical (unpaired) electrons. The molecule has 0 aliphatic carbocycles. The van der Waals surface area contributed by atoms with Crippen LogP contribution in [0.1, 0.15) is 24.2 Å². The quantitative estimate of drug-likeness (QED) is 0.264. The Hall–Kier alpha value is -4.31. The van der Waals surface area contributed by atoms with Crippen LogP contribution in [0.4, 0.5) is 17.3 Å². The second-order valence-corrected chi connectivity index (χ2v) is 8.62. The number of carbonyl (C=O) groups is 1. The second kappa shape index (κ2) is 10.5. The molecule has 188 valence electrons. The zero-order valence-electron chi connectivity index (χ0n) is 20.6. The van der Waals surface area contributed by atoms with Crippen molar-refractivity contribution in [3.05, 3.63) is 60.2 Å². The smallest absolute Gasteiger partial charge is 0.256 e. The third-order valence-electron chi connectivity index (χ3n) is 5.85. The van der Waals surface area contributed by atoms with Crippen LogP contribution in [0, 0.1) is 5.92 Å². The predicted octanol–water partition coefficient (Wildman–Crippen LogP) is 3.68. The Morgan fingerprint density at radius 3 is 2.31 bits per heavy atom. The third kappa shape index (κ3) is 5.03. The predicted molar refractivity (Wildman–Crippen MR) is 139 cm³/mol. The number of nitrogens with zero attached hydrogens (tertiary/aromatic N) is 3. The molecule has 2 heterocycles. The van der Waals surface area contributed by atoms with E-state index in [1.165, 1.54) is 4.52 Å². The van der Waals surface area contributed by atoms with Crippen molar-refractivity contribution in [3.63, 3.8) is 0 Å². The van der Waals surface area contributed by atoms with Crippen molar-refractivity contribution in [2.45, 2.75) is 19.9 Å². The minimum atomic E-state index is -0.686. The number of nitrogens with two attached hydrogens (primary N) is 1. The fraction of sp³-hybridized carbons (Fsp3) is 0.269. The fourth-order valence-electron chi connectivity index (χ4n) is 3.82. The first kappa shape index (κ1) is 24.8. The van der Waals surface area contributed by atoms with Gasteiger partial charge in [-0.2, -0.15) is 4.52 Å².